The Morgan fingerprint density at radius 1 is 1.38 bits per heavy atom. The Morgan fingerprint density at radius 3 is 2.90 bits per heavy atom. The van der Waals surface area contributed by atoms with Crippen LogP contribution in [0.4, 0.5) is 0 Å². The predicted molar refractivity (Wildman–Crippen MR) is 87.2 cm³/mol. The molecule has 0 aliphatic carbocycles. The summed E-state index contributed by atoms with van der Waals surface area (Å²) < 4.78 is 0. The number of rotatable bonds is 7. The van der Waals surface area contributed by atoms with Crippen molar-refractivity contribution >= 4 is 0 Å². The van der Waals surface area contributed by atoms with E-state index in [9.17, 15) is 5.26 Å². The molecule has 0 aromatic carbocycles. The number of fused-ring (bicyclic) bond motifs is 1. The van der Waals surface area contributed by atoms with Crippen molar-refractivity contribution in [2.24, 2.45) is 0 Å². The second kappa shape index (κ2) is 7.58. The second-order valence-corrected chi connectivity index (χ2v) is 7.11. The van der Waals surface area contributed by atoms with Crippen molar-refractivity contribution in [2.75, 3.05) is 32.7 Å². The number of hydrogen-bond acceptors (Lipinski definition) is 4. The van der Waals surface area contributed by atoms with E-state index < -0.39 is 0 Å². The molecule has 21 heavy (non-hydrogen) atoms. The summed E-state index contributed by atoms with van der Waals surface area (Å²) in [6.07, 6.45) is 5.88. The molecule has 0 aromatic heterocycles. The fraction of sp³-hybridized carbons (Fsp3) is 0.941. The molecule has 2 heterocycles. The highest BCUT2D eigenvalue weighted by atomic mass is 15.3. The molecule has 0 saturated carbocycles. The van der Waals surface area contributed by atoms with Gasteiger partial charge in [-0.25, -0.2) is 0 Å². The number of nitrogens with zero attached hydrogens (tertiary/aromatic N) is 3. The SMILES string of the molecule is CCCNC(C)(C#N)CCCN1CC2CCCN2CC1C. The van der Waals surface area contributed by atoms with E-state index in [1.165, 1.54) is 32.5 Å². The highest BCUT2D eigenvalue weighted by Crippen LogP contribution is 2.25. The van der Waals surface area contributed by atoms with Gasteiger partial charge in [-0.1, -0.05) is 6.92 Å². The molecular formula is C17H32N4. The van der Waals surface area contributed by atoms with Crippen LogP contribution in [0.25, 0.3) is 0 Å². The van der Waals surface area contributed by atoms with Crippen molar-refractivity contribution in [2.45, 2.75) is 70.5 Å². The summed E-state index contributed by atoms with van der Waals surface area (Å²) in [5, 5.41) is 12.8. The van der Waals surface area contributed by atoms with Crippen molar-refractivity contribution in [3.05, 3.63) is 0 Å². The van der Waals surface area contributed by atoms with Crippen molar-refractivity contribution in [3.63, 3.8) is 0 Å². The fourth-order valence-corrected chi connectivity index (χ4v) is 3.78. The first-order chi connectivity index (χ1) is 10.1. The molecule has 3 atom stereocenters. The van der Waals surface area contributed by atoms with Crippen molar-refractivity contribution in [1.82, 2.24) is 15.1 Å². The molecular weight excluding hydrogens is 260 g/mol. The van der Waals surface area contributed by atoms with Crippen LogP contribution >= 0.6 is 0 Å². The van der Waals surface area contributed by atoms with Gasteiger partial charge in [0.05, 0.1) is 6.07 Å². The fourth-order valence-electron chi connectivity index (χ4n) is 3.78. The molecule has 1 N–H and O–H groups in total. The topological polar surface area (TPSA) is 42.3 Å². The number of nitrogens with one attached hydrogen (secondary N) is 1. The Balaban J connectivity index is 1.76. The van der Waals surface area contributed by atoms with E-state index in [1.807, 2.05) is 6.92 Å². The smallest absolute Gasteiger partial charge is 0.103 e. The molecule has 2 aliphatic rings. The van der Waals surface area contributed by atoms with E-state index in [-0.39, 0.29) is 5.54 Å². The Morgan fingerprint density at radius 2 is 2.19 bits per heavy atom. The Kier molecular flexibility index (Phi) is 6.04. The number of piperazine rings is 1. The zero-order chi connectivity index (χ0) is 15.3. The van der Waals surface area contributed by atoms with Crippen molar-refractivity contribution < 1.29 is 0 Å². The third-order valence-electron chi connectivity index (χ3n) is 5.20. The van der Waals surface area contributed by atoms with Gasteiger partial charge in [-0.3, -0.25) is 15.1 Å². The molecule has 2 aliphatic heterocycles. The summed E-state index contributed by atoms with van der Waals surface area (Å²) in [6.45, 7) is 12.4. The van der Waals surface area contributed by atoms with Crippen LogP contribution in [0.15, 0.2) is 0 Å². The molecule has 4 nitrogen and oxygen atoms in total. The maximum Gasteiger partial charge on any atom is 0.103 e. The van der Waals surface area contributed by atoms with Gasteiger partial charge in [-0.15, -0.1) is 0 Å². The van der Waals surface area contributed by atoms with Gasteiger partial charge < -0.3 is 0 Å². The largest absolute Gasteiger partial charge is 0.300 e. The monoisotopic (exact) mass is 292 g/mol. The average Bonchev–Trinajstić information content (AvgIpc) is 2.92. The van der Waals surface area contributed by atoms with Crippen LogP contribution in [0.1, 0.15) is 52.9 Å². The lowest BCUT2D eigenvalue weighted by Gasteiger charge is -2.42. The molecule has 0 aromatic rings. The van der Waals surface area contributed by atoms with E-state index in [2.05, 4.69) is 35.0 Å². The van der Waals surface area contributed by atoms with Crippen LogP contribution in [-0.2, 0) is 0 Å². The maximum absolute atomic E-state index is 9.39. The van der Waals surface area contributed by atoms with Gasteiger partial charge in [0.2, 0.25) is 0 Å². The van der Waals surface area contributed by atoms with E-state index in [4.69, 9.17) is 0 Å². The molecule has 2 fully saturated rings. The van der Waals surface area contributed by atoms with Crippen molar-refractivity contribution in [1.29, 1.82) is 5.26 Å². The molecule has 0 spiro atoms. The lowest BCUT2D eigenvalue weighted by molar-refractivity contribution is 0.0574. The lowest BCUT2D eigenvalue weighted by atomic mass is 9.96. The summed E-state index contributed by atoms with van der Waals surface area (Å²) in [6, 6.07) is 3.92. The van der Waals surface area contributed by atoms with Gasteiger partial charge in [-0.05, 0) is 65.6 Å². The summed E-state index contributed by atoms with van der Waals surface area (Å²) in [4.78, 5) is 5.31. The molecule has 2 rings (SSSR count). The molecule has 0 bridgehead atoms. The Labute approximate surface area is 130 Å². The van der Waals surface area contributed by atoms with E-state index in [0.29, 0.717) is 6.04 Å². The first-order valence-electron chi connectivity index (χ1n) is 8.72. The predicted octanol–water partition coefficient (Wildman–Crippen LogP) is 2.22. The minimum atomic E-state index is -0.353. The van der Waals surface area contributed by atoms with Gasteiger partial charge in [0.25, 0.3) is 0 Å². The zero-order valence-electron chi connectivity index (χ0n) is 14.1. The van der Waals surface area contributed by atoms with Crippen LogP contribution in [-0.4, -0.2) is 60.1 Å². The Bertz CT molecular complexity index is 364. The highest BCUT2D eigenvalue weighted by Gasteiger charge is 2.34. The van der Waals surface area contributed by atoms with E-state index >= 15 is 0 Å². The molecule has 0 amide bonds. The molecule has 0 radical (unpaired) electrons. The third kappa shape index (κ3) is 4.42. The van der Waals surface area contributed by atoms with Crippen LogP contribution < -0.4 is 5.32 Å². The molecule has 4 heteroatoms. The van der Waals surface area contributed by atoms with Gasteiger partial charge in [0.15, 0.2) is 0 Å². The summed E-state index contributed by atoms with van der Waals surface area (Å²) in [5.74, 6) is 0. The molecule has 120 valence electrons. The van der Waals surface area contributed by atoms with Gasteiger partial charge in [-0.2, -0.15) is 5.26 Å². The summed E-state index contributed by atoms with van der Waals surface area (Å²) in [5.41, 5.74) is -0.353. The van der Waals surface area contributed by atoms with Crippen molar-refractivity contribution in [3.8, 4) is 6.07 Å². The van der Waals surface area contributed by atoms with Gasteiger partial charge >= 0.3 is 0 Å². The minimum absolute atomic E-state index is 0.353. The Hall–Kier alpha value is -0.630. The van der Waals surface area contributed by atoms with Gasteiger partial charge in [0, 0.05) is 25.2 Å². The average molecular weight is 292 g/mol. The van der Waals surface area contributed by atoms with Crippen LogP contribution in [0.2, 0.25) is 0 Å². The van der Waals surface area contributed by atoms with Gasteiger partial charge in [0.1, 0.15) is 5.54 Å². The normalized spacial score (nSPS) is 29.8. The maximum atomic E-state index is 9.39. The van der Waals surface area contributed by atoms with E-state index in [1.54, 1.807) is 0 Å². The summed E-state index contributed by atoms with van der Waals surface area (Å²) in [7, 11) is 0. The molecule has 2 saturated heterocycles. The third-order valence-corrected chi connectivity index (χ3v) is 5.20. The molecule has 3 unspecified atom stereocenters. The standard InChI is InChI=1S/C17H32N4/c1-4-9-19-17(3,14-18)8-6-11-20-13-16-7-5-10-21(16)12-15(20)2/h15-16,19H,4-13H2,1-3H3. The number of nitriles is 1. The number of hydrogen-bond donors (Lipinski definition) is 1. The lowest BCUT2D eigenvalue weighted by Crippen LogP contribution is -2.55. The first-order valence-corrected chi connectivity index (χ1v) is 8.72. The minimum Gasteiger partial charge on any atom is -0.300 e. The second-order valence-electron chi connectivity index (χ2n) is 7.11. The quantitative estimate of drug-likeness (QED) is 0.781. The van der Waals surface area contributed by atoms with Crippen LogP contribution in [0, 0.1) is 11.3 Å². The highest BCUT2D eigenvalue weighted by molar-refractivity contribution is 5.03. The van der Waals surface area contributed by atoms with Crippen LogP contribution in [0.3, 0.4) is 0 Å². The first kappa shape index (κ1) is 16.7. The van der Waals surface area contributed by atoms with Crippen LogP contribution in [0.5, 0.6) is 0 Å². The van der Waals surface area contributed by atoms with E-state index in [0.717, 1.165) is 38.4 Å². The summed E-state index contributed by atoms with van der Waals surface area (Å²) >= 11 is 0. The zero-order valence-corrected chi connectivity index (χ0v) is 14.1.